The minimum atomic E-state index is 0.164. The molecule has 1 atom stereocenters. The fourth-order valence-electron chi connectivity index (χ4n) is 0.765. The molecule has 0 aliphatic carbocycles. The molecular formula is C7H11N3. The SMILES string of the molecule is C[C@@H](N)Cc1cnccn1. The molecule has 3 nitrogen and oxygen atoms in total. The van der Waals surface area contributed by atoms with E-state index in [2.05, 4.69) is 9.97 Å². The van der Waals surface area contributed by atoms with E-state index in [0.717, 1.165) is 12.1 Å². The third kappa shape index (κ3) is 2.11. The first-order valence-corrected chi connectivity index (χ1v) is 3.29. The van der Waals surface area contributed by atoms with Gasteiger partial charge in [0.1, 0.15) is 0 Å². The van der Waals surface area contributed by atoms with Gasteiger partial charge in [0.05, 0.1) is 5.69 Å². The zero-order chi connectivity index (χ0) is 7.40. The smallest absolute Gasteiger partial charge is 0.0601 e. The van der Waals surface area contributed by atoms with Crippen molar-refractivity contribution in [2.24, 2.45) is 5.73 Å². The van der Waals surface area contributed by atoms with E-state index in [0.29, 0.717) is 0 Å². The average molecular weight is 137 g/mol. The molecule has 0 saturated carbocycles. The van der Waals surface area contributed by atoms with E-state index in [1.807, 2.05) is 6.92 Å². The van der Waals surface area contributed by atoms with Crippen molar-refractivity contribution in [2.75, 3.05) is 0 Å². The Kier molecular flexibility index (Phi) is 2.34. The summed E-state index contributed by atoms with van der Waals surface area (Å²) in [6, 6.07) is 0.164. The number of nitrogens with zero attached hydrogens (tertiary/aromatic N) is 2. The first kappa shape index (κ1) is 7.15. The lowest BCUT2D eigenvalue weighted by atomic mass is 10.2. The standard InChI is InChI=1S/C7H11N3/c1-6(8)4-7-5-9-2-3-10-7/h2-3,5-6H,4,8H2,1H3/t6-/m1/s1. The molecule has 0 fully saturated rings. The predicted molar refractivity (Wildman–Crippen MR) is 39.4 cm³/mol. The molecule has 3 heteroatoms. The Hall–Kier alpha value is -0.960. The number of hydrogen-bond donors (Lipinski definition) is 1. The summed E-state index contributed by atoms with van der Waals surface area (Å²) in [4.78, 5) is 8.00. The Balaban J connectivity index is 2.59. The van der Waals surface area contributed by atoms with Gasteiger partial charge in [-0.05, 0) is 6.92 Å². The van der Waals surface area contributed by atoms with Crippen LogP contribution in [-0.4, -0.2) is 16.0 Å². The largest absolute Gasteiger partial charge is 0.328 e. The minimum absolute atomic E-state index is 0.164. The molecule has 1 heterocycles. The summed E-state index contributed by atoms with van der Waals surface area (Å²) in [5.74, 6) is 0. The van der Waals surface area contributed by atoms with Crippen LogP contribution in [-0.2, 0) is 6.42 Å². The maximum atomic E-state index is 5.56. The maximum Gasteiger partial charge on any atom is 0.0601 e. The van der Waals surface area contributed by atoms with Gasteiger partial charge in [0.2, 0.25) is 0 Å². The van der Waals surface area contributed by atoms with E-state index >= 15 is 0 Å². The second-order valence-corrected chi connectivity index (χ2v) is 2.38. The summed E-state index contributed by atoms with van der Waals surface area (Å²) in [5, 5.41) is 0. The maximum absolute atomic E-state index is 5.56. The van der Waals surface area contributed by atoms with Gasteiger partial charge in [0.25, 0.3) is 0 Å². The molecule has 10 heavy (non-hydrogen) atoms. The molecular weight excluding hydrogens is 126 g/mol. The van der Waals surface area contributed by atoms with E-state index in [1.54, 1.807) is 18.6 Å². The van der Waals surface area contributed by atoms with Crippen molar-refractivity contribution in [1.82, 2.24) is 9.97 Å². The highest BCUT2D eigenvalue weighted by Crippen LogP contribution is 1.93. The monoisotopic (exact) mass is 137 g/mol. The Morgan fingerprint density at radius 2 is 2.40 bits per heavy atom. The molecule has 1 aromatic rings. The summed E-state index contributed by atoms with van der Waals surface area (Å²) in [5.41, 5.74) is 6.51. The Morgan fingerprint density at radius 1 is 1.60 bits per heavy atom. The van der Waals surface area contributed by atoms with Crippen LogP contribution in [0.4, 0.5) is 0 Å². The number of nitrogens with two attached hydrogens (primary N) is 1. The second kappa shape index (κ2) is 3.27. The van der Waals surface area contributed by atoms with Crippen LogP contribution < -0.4 is 5.73 Å². The van der Waals surface area contributed by atoms with Crippen LogP contribution >= 0.6 is 0 Å². The molecule has 54 valence electrons. The zero-order valence-corrected chi connectivity index (χ0v) is 5.99. The van der Waals surface area contributed by atoms with Crippen LogP contribution in [0.25, 0.3) is 0 Å². The predicted octanol–water partition coefficient (Wildman–Crippen LogP) is 0.366. The molecule has 0 spiro atoms. The fourth-order valence-corrected chi connectivity index (χ4v) is 0.765. The molecule has 1 aromatic heterocycles. The number of rotatable bonds is 2. The molecule has 0 saturated heterocycles. The topological polar surface area (TPSA) is 51.8 Å². The highest BCUT2D eigenvalue weighted by atomic mass is 14.8. The molecule has 0 bridgehead atoms. The molecule has 0 aliphatic rings. The minimum Gasteiger partial charge on any atom is -0.328 e. The van der Waals surface area contributed by atoms with Crippen molar-refractivity contribution in [1.29, 1.82) is 0 Å². The van der Waals surface area contributed by atoms with Gasteiger partial charge in [-0.25, -0.2) is 0 Å². The quantitative estimate of drug-likeness (QED) is 0.640. The Bertz CT molecular complexity index is 183. The van der Waals surface area contributed by atoms with Gasteiger partial charge in [0.15, 0.2) is 0 Å². The Labute approximate surface area is 60.3 Å². The van der Waals surface area contributed by atoms with Crippen molar-refractivity contribution in [2.45, 2.75) is 19.4 Å². The van der Waals surface area contributed by atoms with E-state index in [4.69, 9.17) is 5.73 Å². The van der Waals surface area contributed by atoms with E-state index < -0.39 is 0 Å². The van der Waals surface area contributed by atoms with Crippen LogP contribution in [0.2, 0.25) is 0 Å². The molecule has 0 aromatic carbocycles. The van der Waals surface area contributed by atoms with Crippen LogP contribution in [0.5, 0.6) is 0 Å². The number of hydrogen-bond acceptors (Lipinski definition) is 3. The third-order valence-corrected chi connectivity index (χ3v) is 1.15. The van der Waals surface area contributed by atoms with Crippen LogP contribution in [0.1, 0.15) is 12.6 Å². The van der Waals surface area contributed by atoms with E-state index in [9.17, 15) is 0 Å². The van der Waals surface area contributed by atoms with Crippen molar-refractivity contribution in [3.05, 3.63) is 24.3 Å². The molecule has 0 amide bonds. The lowest BCUT2D eigenvalue weighted by molar-refractivity contribution is 0.718. The highest BCUT2D eigenvalue weighted by molar-refractivity contribution is 4.96. The van der Waals surface area contributed by atoms with Gasteiger partial charge in [-0.2, -0.15) is 0 Å². The zero-order valence-electron chi connectivity index (χ0n) is 5.99. The summed E-state index contributed by atoms with van der Waals surface area (Å²) >= 11 is 0. The summed E-state index contributed by atoms with van der Waals surface area (Å²) in [6.07, 6.45) is 5.87. The van der Waals surface area contributed by atoms with Gasteiger partial charge in [-0.15, -0.1) is 0 Å². The molecule has 1 rings (SSSR count). The molecule has 0 aliphatic heterocycles. The van der Waals surface area contributed by atoms with Crippen molar-refractivity contribution in [3.63, 3.8) is 0 Å². The van der Waals surface area contributed by atoms with Gasteiger partial charge < -0.3 is 5.73 Å². The normalized spacial score (nSPS) is 13.0. The lowest BCUT2D eigenvalue weighted by Gasteiger charge is -2.01. The van der Waals surface area contributed by atoms with E-state index in [-0.39, 0.29) is 6.04 Å². The summed E-state index contributed by atoms with van der Waals surface area (Å²) in [7, 11) is 0. The molecule has 2 N–H and O–H groups in total. The third-order valence-electron chi connectivity index (χ3n) is 1.15. The summed E-state index contributed by atoms with van der Waals surface area (Å²) < 4.78 is 0. The highest BCUT2D eigenvalue weighted by Gasteiger charge is 1.96. The van der Waals surface area contributed by atoms with Crippen LogP contribution in [0.15, 0.2) is 18.6 Å². The first-order valence-electron chi connectivity index (χ1n) is 3.29. The van der Waals surface area contributed by atoms with Gasteiger partial charge >= 0.3 is 0 Å². The fraction of sp³-hybridized carbons (Fsp3) is 0.429. The van der Waals surface area contributed by atoms with Crippen molar-refractivity contribution < 1.29 is 0 Å². The number of aromatic nitrogens is 2. The molecule has 0 unspecified atom stereocenters. The second-order valence-electron chi connectivity index (χ2n) is 2.38. The van der Waals surface area contributed by atoms with E-state index in [1.165, 1.54) is 0 Å². The molecule has 0 radical (unpaired) electrons. The van der Waals surface area contributed by atoms with Crippen molar-refractivity contribution in [3.8, 4) is 0 Å². The van der Waals surface area contributed by atoms with Gasteiger partial charge in [-0.1, -0.05) is 0 Å². The van der Waals surface area contributed by atoms with Gasteiger partial charge in [-0.3, -0.25) is 9.97 Å². The average Bonchev–Trinajstić information content (AvgIpc) is 1.88. The Morgan fingerprint density at radius 3 is 2.90 bits per heavy atom. The van der Waals surface area contributed by atoms with Crippen molar-refractivity contribution >= 4 is 0 Å². The first-order chi connectivity index (χ1) is 4.79. The lowest BCUT2D eigenvalue weighted by Crippen LogP contribution is -2.18. The van der Waals surface area contributed by atoms with Gasteiger partial charge in [0, 0.05) is 31.1 Å². The van der Waals surface area contributed by atoms with Crippen LogP contribution in [0.3, 0.4) is 0 Å². The summed E-state index contributed by atoms with van der Waals surface area (Å²) in [6.45, 7) is 1.95. The van der Waals surface area contributed by atoms with Crippen LogP contribution in [0, 0.1) is 0 Å².